The second-order valence-electron chi connectivity index (χ2n) is 12.5. The first-order chi connectivity index (χ1) is 19.3. The maximum atomic E-state index is 7.05. The molecule has 2 saturated heterocycles. The maximum absolute atomic E-state index is 7.05. The Balaban J connectivity index is 1.41. The number of benzene rings is 1. The normalized spacial score (nSPS) is 25.9. The first-order valence-electron chi connectivity index (χ1n) is 15.0. The van der Waals surface area contributed by atoms with Crippen molar-refractivity contribution in [2.75, 3.05) is 22.9 Å². The summed E-state index contributed by atoms with van der Waals surface area (Å²) < 4.78 is 2.60. The molecule has 1 aliphatic carbocycles. The minimum atomic E-state index is -0.0590. The highest BCUT2D eigenvalue weighted by Crippen LogP contribution is 2.46. The fraction of sp³-hybridized carbons (Fsp3) is 0.515. The lowest BCUT2D eigenvalue weighted by atomic mass is 9.91. The van der Waals surface area contributed by atoms with Crippen molar-refractivity contribution < 1.29 is 0 Å². The number of pyridine rings is 1. The number of nitrogens with zero attached hydrogens (tertiary/aromatic N) is 4. The largest absolute Gasteiger partial charge is 0.370 e. The van der Waals surface area contributed by atoms with E-state index in [9.17, 15) is 0 Å². The number of rotatable bonds is 5. The zero-order chi connectivity index (χ0) is 28.0. The van der Waals surface area contributed by atoms with Crippen molar-refractivity contribution in [2.45, 2.75) is 84.3 Å². The van der Waals surface area contributed by atoms with Crippen LogP contribution in [-0.4, -0.2) is 27.8 Å². The van der Waals surface area contributed by atoms with Gasteiger partial charge in [0.05, 0.1) is 28.5 Å². The van der Waals surface area contributed by atoms with Crippen LogP contribution in [0.3, 0.4) is 0 Å². The standard InChI is InChI=1S/C33H42ClN5S/c1-21-16-22(2)20-37(19-21)30-14-13-26(18-28(30)34)39-32(31(36-33(39)40)29-12-8-9-15-35-29)27-17-23(3)38(24(27)4)25-10-6-5-7-11-25/h8-9,12-15,17-18,21-22,25,31-32H,5-7,10-11,16,19-20H2,1-4H3,(H,36,40)/t21-,22+,31-,32-/m1/s1. The summed E-state index contributed by atoms with van der Waals surface area (Å²) in [5.74, 6) is 1.33. The Morgan fingerprint density at radius 1 is 0.975 bits per heavy atom. The molecule has 0 amide bonds. The van der Waals surface area contributed by atoms with Gasteiger partial charge in [0.25, 0.3) is 0 Å². The fourth-order valence-corrected chi connectivity index (χ4v) is 8.35. The summed E-state index contributed by atoms with van der Waals surface area (Å²) in [7, 11) is 0. The number of thiocarbonyl (C=S) groups is 1. The van der Waals surface area contributed by atoms with Crippen LogP contribution < -0.4 is 15.1 Å². The molecule has 2 aromatic heterocycles. The van der Waals surface area contributed by atoms with E-state index in [0.29, 0.717) is 23.0 Å². The molecule has 3 aliphatic rings. The monoisotopic (exact) mass is 575 g/mol. The minimum absolute atomic E-state index is 0.0251. The van der Waals surface area contributed by atoms with E-state index in [-0.39, 0.29) is 12.1 Å². The predicted octanol–water partition coefficient (Wildman–Crippen LogP) is 8.32. The zero-order valence-corrected chi connectivity index (χ0v) is 25.8. The Labute approximate surface area is 249 Å². The first kappa shape index (κ1) is 27.6. The van der Waals surface area contributed by atoms with Crippen molar-refractivity contribution in [3.05, 3.63) is 76.3 Å². The van der Waals surface area contributed by atoms with Crippen molar-refractivity contribution >= 4 is 40.3 Å². The molecule has 3 aromatic rings. The number of anilines is 2. The van der Waals surface area contributed by atoms with E-state index in [1.165, 1.54) is 55.5 Å². The highest BCUT2D eigenvalue weighted by atomic mass is 35.5. The van der Waals surface area contributed by atoms with Gasteiger partial charge < -0.3 is 19.7 Å². The summed E-state index contributed by atoms with van der Waals surface area (Å²) in [5.41, 5.74) is 7.12. The molecule has 40 heavy (non-hydrogen) atoms. The van der Waals surface area contributed by atoms with Crippen LogP contribution in [0.25, 0.3) is 0 Å². The SMILES string of the molecule is Cc1cc([C@@H]2[C@@H](c3ccccn3)NC(=S)N2c2ccc(N3C[C@H](C)C[C@H](C)C3)c(Cl)c2)c(C)n1C1CCCCC1. The fourth-order valence-electron chi connectivity index (χ4n) is 7.71. The number of piperidine rings is 1. The number of nitrogens with one attached hydrogen (secondary N) is 1. The molecule has 7 heteroatoms. The molecule has 0 spiro atoms. The van der Waals surface area contributed by atoms with Crippen LogP contribution in [0.2, 0.25) is 5.02 Å². The number of hydrogen-bond donors (Lipinski definition) is 1. The second-order valence-corrected chi connectivity index (χ2v) is 13.3. The summed E-state index contributed by atoms with van der Waals surface area (Å²) in [6.45, 7) is 11.3. The summed E-state index contributed by atoms with van der Waals surface area (Å²) >= 11 is 13.1. The van der Waals surface area contributed by atoms with E-state index >= 15 is 0 Å². The molecule has 3 fully saturated rings. The van der Waals surface area contributed by atoms with E-state index in [1.807, 2.05) is 12.3 Å². The third-order valence-electron chi connectivity index (χ3n) is 9.30. The average Bonchev–Trinajstić information content (AvgIpc) is 3.43. The second kappa shape index (κ2) is 11.4. The lowest BCUT2D eigenvalue weighted by Gasteiger charge is -2.37. The van der Waals surface area contributed by atoms with Crippen molar-refractivity contribution in [3.8, 4) is 0 Å². The van der Waals surface area contributed by atoms with Gasteiger partial charge in [-0.25, -0.2) is 0 Å². The summed E-state index contributed by atoms with van der Waals surface area (Å²) in [6.07, 6.45) is 9.64. The van der Waals surface area contributed by atoms with Gasteiger partial charge in [-0.2, -0.15) is 0 Å². The minimum Gasteiger partial charge on any atom is -0.370 e. The molecule has 4 heterocycles. The van der Waals surface area contributed by atoms with Crippen molar-refractivity contribution in [1.29, 1.82) is 0 Å². The molecule has 4 atom stereocenters. The third kappa shape index (κ3) is 5.14. The summed E-state index contributed by atoms with van der Waals surface area (Å²) in [4.78, 5) is 9.50. The van der Waals surface area contributed by atoms with Crippen LogP contribution >= 0.6 is 23.8 Å². The molecule has 212 valence electrons. The lowest BCUT2D eigenvalue weighted by molar-refractivity contribution is 0.345. The number of halogens is 1. The molecular weight excluding hydrogens is 534 g/mol. The van der Waals surface area contributed by atoms with Crippen molar-refractivity contribution in [2.24, 2.45) is 11.8 Å². The highest BCUT2D eigenvalue weighted by Gasteiger charge is 2.42. The molecule has 0 radical (unpaired) electrons. The van der Waals surface area contributed by atoms with Crippen molar-refractivity contribution in [3.63, 3.8) is 0 Å². The zero-order valence-electron chi connectivity index (χ0n) is 24.2. The number of aryl methyl sites for hydroxylation is 1. The Morgan fingerprint density at radius 2 is 1.73 bits per heavy atom. The van der Waals surface area contributed by atoms with Gasteiger partial charge in [-0.1, -0.05) is 50.8 Å². The topological polar surface area (TPSA) is 36.3 Å². The van der Waals surface area contributed by atoms with Gasteiger partial charge >= 0.3 is 0 Å². The third-order valence-corrected chi connectivity index (χ3v) is 9.92. The Hall–Kier alpha value is -2.57. The van der Waals surface area contributed by atoms with Gasteiger partial charge in [-0.3, -0.25) is 4.98 Å². The molecule has 1 saturated carbocycles. The van der Waals surface area contributed by atoms with Gasteiger partial charge in [-0.05, 0) is 99.1 Å². The van der Waals surface area contributed by atoms with Gasteiger partial charge in [0.15, 0.2) is 5.11 Å². The molecule has 0 unspecified atom stereocenters. The molecule has 0 bridgehead atoms. The smallest absolute Gasteiger partial charge is 0.174 e. The summed E-state index contributed by atoms with van der Waals surface area (Å²) in [5, 5.41) is 5.15. The van der Waals surface area contributed by atoms with Crippen LogP contribution in [0.15, 0.2) is 48.7 Å². The van der Waals surface area contributed by atoms with E-state index in [4.69, 9.17) is 28.8 Å². The number of aromatic nitrogens is 2. The van der Waals surface area contributed by atoms with E-state index in [0.717, 1.165) is 35.2 Å². The summed E-state index contributed by atoms with van der Waals surface area (Å²) in [6, 6.07) is 15.5. The molecule has 1 aromatic carbocycles. The van der Waals surface area contributed by atoms with Crippen LogP contribution in [0.5, 0.6) is 0 Å². The molecule has 2 aliphatic heterocycles. The van der Waals surface area contributed by atoms with E-state index in [2.05, 4.69) is 83.8 Å². The lowest BCUT2D eigenvalue weighted by Crippen LogP contribution is -2.38. The Morgan fingerprint density at radius 3 is 2.40 bits per heavy atom. The van der Waals surface area contributed by atoms with Crippen LogP contribution in [-0.2, 0) is 0 Å². The highest BCUT2D eigenvalue weighted by molar-refractivity contribution is 7.80. The average molecular weight is 576 g/mol. The molecule has 6 rings (SSSR count). The maximum Gasteiger partial charge on any atom is 0.174 e. The van der Waals surface area contributed by atoms with Crippen LogP contribution in [0, 0.1) is 25.7 Å². The first-order valence-corrected chi connectivity index (χ1v) is 15.8. The molecular formula is C33H42ClN5S. The van der Waals surface area contributed by atoms with Gasteiger partial charge in [0, 0.05) is 42.4 Å². The van der Waals surface area contributed by atoms with E-state index < -0.39 is 0 Å². The molecule has 1 N–H and O–H groups in total. The van der Waals surface area contributed by atoms with Gasteiger partial charge in [0.1, 0.15) is 0 Å². The Bertz CT molecular complexity index is 1350. The van der Waals surface area contributed by atoms with Gasteiger partial charge in [0.2, 0.25) is 0 Å². The number of hydrogen-bond acceptors (Lipinski definition) is 3. The van der Waals surface area contributed by atoms with Crippen molar-refractivity contribution in [1.82, 2.24) is 14.9 Å². The molecule has 5 nitrogen and oxygen atoms in total. The van der Waals surface area contributed by atoms with E-state index in [1.54, 1.807) is 0 Å². The van der Waals surface area contributed by atoms with Gasteiger partial charge in [-0.15, -0.1) is 0 Å². The Kier molecular flexibility index (Phi) is 7.84. The van der Waals surface area contributed by atoms with Crippen LogP contribution in [0.4, 0.5) is 11.4 Å². The predicted molar refractivity (Wildman–Crippen MR) is 171 cm³/mol. The quantitative estimate of drug-likeness (QED) is 0.309. The van der Waals surface area contributed by atoms with Crippen LogP contribution in [0.1, 0.15) is 93.1 Å².